The number of carbonyl (C=O) groups excluding carboxylic acids is 1. The number of Topliss-reactive ketones (excluding diaryl/α,β-unsaturated/α-hetero) is 1. The van der Waals surface area contributed by atoms with Crippen LogP contribution in [0.1, 0.15) is 38.9 Å². The van der Waals surface area contributed by atoms with Gasteiger partial charge < -0.3 is 5.11 Å². The van der Waals surface area contributed by atoms with E-state index in [0.29, 0.717) is 5.56 Å². The van der Waals surface area contributed by atoms with E-state index in [1.807, 2.05) is 39.0 Å². The van der Waals surface area contributed by atoms with Gasteiger partial charge in [-0.2, -0.15) is 0 Å². The van der Waals surface area contributed by atoms with Crippen LogP contribution in [0.15, 0.2) is 30.3 Å². The van der Waals surface area contributed by atoms with E-state index in [0.717, 1.165) is 0 Å². The van der Waals surface area contributed by atoms with E-state index in [4.69, 9.17) is 0 Å². The van der Waals surface area contributed by atoms with Crippen LogP contribution in [0.3, 0.4) is 0 Å². The second kappa shape index (κ2) is 6.25. The Hall–Kier alpha value is -0.553. The van der Waals surface area contributed by atoms with Gasteiger partial charge in [-0.15, -0.1) is 0 Å². The largest absolute Gasteiger partial charge is 1.00 e. The fraction of sp³-hybridized carbons (Fsp3) is 0.462. The maximum atomic E-state index is 11.8. The molecule has 0 aromatic heterocycles. The Bertz CT molecular complexity index is 328. The normalized spacial score (nSPS) is 12.8. The van der Waals surface area contributed by atoms with E-state index in [-0.39, 0.29) is 31.1 Å². The molecule has 0 fully saturated rings. The molecule has 0 bridgehead atoms. The maximum absolute atomic E-state index is 11.8. The topological polar surface area (TPSA) is 40.1 Å². The Morgan fingerprint density at radius 3 is 2.19 bits per heavy atom. The monoisotopic (exact) mass is 212 g/mol. The predicted molar refractivity (Wildman–Crippen MR) is 58.3 cm³/mol. The number of hydrogen-bond donors (Lipinski definition) is 0. The molecule has 0 radical (unpaired) electrons. The second-order valence-corrected chi connectivity index (χ2v) is 4.78. The summed E-state index contributed by atoms with van der Waals surface area (Å²) in [5.41, 5.74) is 0.271. The van der Waals surface area contributed by atoms with Crippen molar-refractivity contribution in [3.63, 3.8) is 0 Å². The SMILES string of the molecule is CC(C)(C)C(=O)CC([O-])c1ccccc1.[Li+]. The fourth-order valence-corrected chi connectivity index (χ4v) is 1.26. The van der Waals surface area contributed by atoms with Gasteiger partial charge in [0.25, 0.3) is 0 Å². The summed E-state index contributed by atoms with van der Waals surface area (Å²) in [5.74, 6) is 0.0198. The quantitative estimate of drug-likeness (QED) is 0.609. The van der Waals surface area contributed by atoms with Gasteiger partial charge in [0.15, 0.2) is 0 Å². The first-order chi connectivity index (χ1) is 6.91. The van der Waals surface area contributed by atoms with Crippen LogP contribution in [0, 0.1) is 5.41 Å². The van der Waals surface area contributed by atoms with E-state index in [1.54, 1.807) is 12.1 Å². The van der Waals surface area contributed by atoms with Crippen molar-refractivity contribution in [1.29, 1.82) is 0 Å². The number of benzene rings is 1. The standard InChI is InChI=1S/C13H17O2.Li/c1-13(2,3)12(15)9-11(14)10-7-5-4-6-8-10;/h4-8,11H,9H2,1-3H3;/q-1;+1. The number of hydrogen-bond acceptors (Lipinski definition) is 2. The maximum Gasteiger partial charge on any atom is 1.00 e. The summed E-state index contributed by atoms with van der Waals surface area (Å²) in [7, 11) is 0. The molecule has 0 aliphatic rings. The van der Waals surface area contributed by atoms with Crippen LogP contribution >= 0.6 is 0 Å². The molecule has 0 saturated heterocycles. The van der Waals surface area contributed by atoms with Gasteiger partial charge in [0.1, 0.15) is 5.78 Å². The van der Waals surface area contributed by atoms with Crippen LogP contribution in [0.4, 0.5) is 0 Å². The molecule has 16 heavy (non-hydrogen) atoms. The molecule has 0 N–H and O–H groups in total. The Kier molecular flexibility index (Phi) is 6.03. The molecule has 2 nitrogen and oxygen atoms in total. The zero-order chi connectivity index (χ0) is 11.5. The molecular formula is C13H17LiO2. The van der Waals surface area contributed by atoms with Crippen molar-refractivity contribution < 1.29 is 28.8 Å². The average Bonchev–Trinajstić information content (AvgIpc) is 2.17. The van der Waals surface area contributed by atoms with Crippen molar-refractivity contribution in [2.24, 2.45) is 5.41 Å². The van der Waals surface area contributed by atoms with E-state index in [9.17, 15) is 9.90 Å². The third kappa shape index (κ3) is 4.53. The van der Waals surface area contributed by atoms with Crippen LogP contribution in [0.2, 0.25) is 0 Å². The summed E-state index contributed by atoms with van der Waals surface area (Å²) < 4.78 is 0. The molecule has 1 aromatic rings. The van der Waals surface area contributed by atoms with Gasteiger partial charge in [0, 0.05) is 5.41 Å². The van der Waals surface area contributed by atoms with Gasteiger partial charge in [-0.05, 0) is 6.42 Å². The zero-order valence-corrected chi connectivity index (χ0v) is 10.5. The first-order valence-electron chi connectivity index (χ1n) is 5.15. The molecule has 0 heterocycles. The molecule has 1 rings (SSSR count). The summed E-state index contributed by atoms with van der Waals surface area (Å²) in [6.07, 6.45) is -0.856. The second-order valence-electron chi connectivity index (χ2n) is 4.78. The number of carbonyl (C=O) groups is 1. The summed E-state index contributed by atoms with van der Waals surface area (Å²) in [4.78, 5) is 11.6. The molecular weight excluding hydrogens is 195 g/mol. The van der Waals surface area contributed by atoms with Crippen molar-refractivity contribution in [2.75, 3.05) is 0 Å². The third-order valence-electron chi connectivity index (χ3n) is 2.38. The van der Waals surface area contributed by atoms with Crippen LogP contribution in [-0.4, -0.2) is 5.78 Å². The van der Waals surface area contributed by atoms with Crippen molar-refractivity contribution in [1.82, 2.24) is 0 Å². The Labute approximate surface area is 109 Å². The Balaban J connectivity index is 0.00000225. The molecule has 82 valence electrons. The summed E-state index contributed by atoms with van der Waals surface area (Å²) in [6.45, 7) is 5.52. The predicted octanol–water partition coefficient (Wildman–Crippen LogP) is -0.903. The van der Waals surface area contributed by atoms with Gasteiger partial charge in [-0.3, -0.25) is 4.79 Å². The molecule has 0 saturated carbocycles. The minimum Gasteiger partial charge on any atom is -0.848 e. The molecule has 1 atom stereocenters. The van der Waals surface area contributed by atoms with Crippen molar-refractivity contribution in [3.8, 4) is 0 Å². The molecule has 1 aromatic carbocycles. The molecule has 0 aliphatic carbocycles. The minimum absolute atomic E-state index is 0. The molecule has 3 heteroatoms. The minimum atomic E-state index is -0.932. The van der Waals surface area contributed by atoms with Crippen molar-refractivity contribution in [3.05, 3.63) is 35.9 Å². The third-order valence-corrected chi connectivity index (χ3v) is 2.38. The molecule has 0 amide bonds. The summed E-state index contributed by atoms with van der Waals surface area (Å²) in [5, 5.41) is 11.8. The molecule has 1 unspecified atom stereocenters. The average molecular weight is 212 g/mol. The van der Waals surface area contributed by atoms with E-state index < -0.39 is 11.5 Å². The first kappa shape index (κ1) is 15.4. The van der Waals surface area contributed by atoms with Crippen LogP contribution in [-0.2, 0) is 4.79 Å². The van der Waals surface area contributed by atoms with Crippen molar-refractivity contribution in [2.45, 2.75) is 33.3 Å². The molecule has 0 spiro atoms. The number of rotatable bonds is 3. The van der Waals surface area contributed by atoms with Crippen LogP contribution in [0.5, 0.6) is 0 Å². The Morgan fingerprint density at radius 1 is 1.25 bits per heavy atom. The first-order valence-corrected chi connectivity index (χ1v) is 5.15. The van der Waals surface area contributed by atoms with Crippen LogP contribution < -0.4 is 24.0 Å². The van der Waals surface area contributed by atoms with Gasteiger partial charge in [0.05, 0.1) is 0 Å². The molecule has 0 aliphatic heterocycles. The van der Waals surface area contributed by atoms with Gasteiger partial charge in [-0.25, -0.2) is 0 Å². The number of ketones is 1. The summed E-state index contributed by atoms with van der Waals surface area (Å²) >= 11 is 0. The van der Waals surface area contributed by atoms with E-state index in [2.05, 4.69) is 0 Å². The van der Waals surface area contributed by atoms with Gasteiger partial charge in [0.2, 0.25) is 0 Å². The van der Waals surface area contributed by atoms with E-state index >= 15 is 0 Å². The van der Waals surface area contributed by atoms with E-state index in [1.165, 1.54) is 0 Å². The van der Waals surface area contributed by atoms with Crippen LogP contribution in [0.25, 0.3) is 0 Å². The van der Waals surface area contributed by atoms with Crippen molar-refractivity contribution >= 4 is 5.78 Å². The smallest absolute Gasteiger partial charge is 0.848 e. The Morgan fingerprint density at radius 2 is 1.75 bits per heavy atom. The zero-order valence-electron chi connectivity index (χ0n) is 10.5. The van der Waals surface area contributed by atoms with Gasteiger partial charge in [-0.1, -0.05) is 62.8 Å². The summed E-state index contributed by atoms with van der Waals surface area (Å²) in [6, 6.07) is 9.05. The fourth-order valence-electron chi connectivity index (χ4n) is 1.26. The van der Waals surface area contributed by atoms with Gasteiger partial charge >= 0.3 is 18.9 Å².